The van der Waals surface area contributed by atoms with Gasteiger partial charge in [0.05, 0.1) is 12.1 Å². The van der Waals surface area contributed by atoms with Crippen LogP contribution in [0.25, 0.3) is 0 Å². The highest BCUT2D eigenvalue weighted by molar-refractivity contribution is 5.82. The van der Waals surface area contributed by atoms with E-state index < -0.39 is 0 Å². The monoisotopic (exact) mass is 331 g/mol. The van der Waals surface area contributed by atoms with Crippen molar-refractivity contribution in [3.05, 3.63) is 35.9 Å². The van der Waals surface area contributed by atoms with Gasteiger partial charge in [0, 0.05) is 38.8 Å². The lowest BCUT2D eigenvalue weighted by Gasteiger charge is -2.41. The van der Waals surface area contributed by atoms with Gasteiger partial charge < -0.3 is 15.3 Å². The molecule has 4 unspecified atom stereocenters. The summed E-state index contributed by atoms with van der Waals surface area (Å²) < 4.78 is 0. The molecule has 1 amide bonds. The van der Waals surface area contributed by atoms with Crippen molar-refractivity contribution in [1.82, 2.24) is 15.1 Å². The Morgan fingerprint density at radius 2 is 2.08 bits per heavy atom. The van der Waals surface area contributed by atoms with Crippen molar-refractivity contribution in [3.63, 3.8) is 0 Å². The fraction of sp³-hybridized carbons (Fsp3) is 0.632. The maximum Gasteiger partial charge on any atom is 0.239 e. The first-order chi connectivity index (χ1) is 11.5. The quantitative estimate of drug-likeness (QED) is 0.871. The molecule has 0 spiro atoms. The molecule has 5 heteroatoms. The number of nitrogens with zero attached hydrogens (tertiary/aromatic N) is 2. The minimum Gasteiger partial charge on any atom is -0.392 e. The molecule has 2 heterocycles. The smallest absolute Gasteiger partial charge is 0.239 e. The van der Waals surface area contributed by atoms with Crippen LogP contribution in [-0.4, -0.2) is 65.2 Å². The third-order valence-electron chi connectivity index (χ3n) is 5.52. The van der Waals surface area contributed by atoms with Crippen LogP contribution < -0.4 is 5.32 Å². The highest BCUT2D eigenvalue weighted by Crippen LogP contribution is 2.24. The van der Waals surface area contributed by atoms with Crippen LogP contribution >= 0.6 is 0 Å². The van der Waals surface area contributed by atoms with E-state index >= 15 is 0 Å². The van der Waals surface area contributed by atoms with E-state index in [4.69, 9.17) is 0 Å². The average molecular weight is 331 g/mol. The van der Waals surface area contributed by atoms with Gasteiger partial charge in [0.2, 0.25) is 5.91 Å². The van der Waals surface area contributed by atoms with E-state index in [0.29, 0.717) is 25.0 Å². The summed E-state index contributed by atoms with van der Waals surface area (Å²) in [7, 11) is 1.92. The molecule has 4 atom stereocenters. The second kappa shape index (κ2) is 7.64. The van der Waals surface area contributed by atoms with Gasteiger partial charge in [0.1, 0.15) is 0 Å². The van der Waals surface area contributed by atoms with Gasteiger partial charge in [-0.3, -0.25) is 9.69 Å². The SMILES string of the molecule is CC1CC(N(C)C(=O)C2CC(O)CN2)CCN1Cc1ccccc1. The largest absolute Gasteiger partial charge is 0.392 e. The number of nitrogens with one attached hydrogen (secondary N) is 1. The van der Waals surface area contributed by atoms with Crippen molar-refractivity contribution < 1.29 is 9.90 Å². The summed E-state index contributed by atoms with van der Waals surface area (Å²) in [6.45, 7) is 4.77. The summed E-state index contributed by atoms with van der Waals surface area (Å²) in [6, 6.07) is 11.1. The molecule has 5 nitrogen and oxygen atoms in total. The third kappa shape index (κ3) is 3.97. The van der Waals surface area contributed by atoms with E-state index in [0.717, 1.165) is 25.9 Å². The van der Waals surface area contributed by atoms with Gasteiger partial charge >= 0.3 is 0 Å². The van der Waals surface area contributed by atoms with Gasteiger partial charge in [0.25, 0.3) is 0 Å². The van der Waals surface area contributed by atoms with E-state index in [2.05, 4.69) is 41.4 Å². The van der Waals surface area contributed by atoms with Crippen LogP contribution in [0.5, 0.6) is 0 Å². The number of hydrogen-bond acceptors (Lipinski definition) is 4. The first kappa shape index (κ1) is 17.4. The van der Waals surface area contributed by atoms with Gasteiger partial charge in [-0.1, -0.05) is 30.3 Å². The first-order valence-electron chi connectivity index (χ1n) is 9.00. The molecule has 2 fully saturated rings. The molecule has 0 aliphatic carbocycles. The molecule has 24 heavy (non-hydrogen) atoms. The fourth-order valence-electron chi connectivity index (χ4n) is 3.93. The number of likely N-dealkylation sites (N-methyl/N-ethyl adjacent to an activating group) is 1. The van der Waals surface area contributed by atoms with E-state index in [9.17, 15) is 9.90 Å². The maximum absolute atomic E-state index is 12.6. The summed E-state index contributed by atoms with van der Waals surface area (Å²) in [6.07, 6.45) is 2.16. The number of carbonyl (C=O) groups is 1. The van der Waals surface area contributed by atoms with Crippen molar-refractivity contribution >= 4 is 5.91 Å². The Labute approximate surface area is 144 Å². The fourth-order valence-corrected chi connectivity index (χ4v) is 3.93. The summed E-state index contributed by atoms with van der Waals surface area (Å²) in [4.78, 5) is 17.0. The summed E-state index contributed by atoms with van der Waals surface area (Å²) in [5.41, 5.74) is 1.34. The Hall–Kier alpha value is -1.43. The summed E-state index contributed by atoms with van der Waals surface area (Å²) in [5, 5.41) is 12.7. The minimum absolute atomic E-state index is 0.125. The van der Waals surface area contributed by atoms with E-state index in [1.165, 1.54) is 5.56 Å². The molecule has 2 aliphatic heterocycles. The van der Waals surface area contributed by atoms with Gasteiger partial charge in [-0.2, -0.15) is 0 Å². The second-order valence-corrected chi connectivity index (χ2v) is 7.28. The molecular weight excluding hydrogens is 302 g/mol. The molecular formula is C19H29N3O2. The molecule has 0 saturated carbocycles. The van der Waals surface area contributed by atoms with E-state index in [1.54, 1.807) is 0 Å². The molecule has 2 N–H and O–H groups in total. The van der Waals surface area contributed by atoms with Crippen molar-refractivity contribution in [1.29, 1.82) is 0 Å². The number of likely N-dealkylation sites (tertiary alicyclic amines) is 1. The van der Waals surface area contributed by atoms with Gasteiger partial charge in [0.15, 0.2) is 0 Å². The Morgan fingerprint density at radius 3 is 2.71 bits per heavy atom. The molecule has 0 bridgehead atoms. The molecule has 1 aromatic rings. The van der Waals surface area contributed by atoms with Crippen LogP contribution in [0.15, 0.2) is 30.3 Å². The van der Waals surface area contributed by atoms with Crippen molar-refractivity contribution in [2.75, 3.05) is 20.1 Å². The third-order valence-corrected chi connectivity index (χ3v) is 5.52. The normalized spacial score (nSPS) is 31.1. The predicted molar refractivity (Wildman–Crippen MR) is 94.5 cm³/mol. The lowest BCUT2D eigenvalue weighted by Crippen LogP contribution is -2.52. The van der Waals surface area contributed by atoms with Crippen LogP contribution in [0.1, 0.15) is 31.7 Å². The number of β-amino-alcohol motifs (C(OH)–C–C–N with tert-alkyl or cyclic N) is 1. The number of amides is 1. The van der Waals surface area contributed by atoms with Crippen molar-refractivity contribution in [3.8, 4) is 0 Å². The van der Waals surface area contributed by atoms with Crippen molar-refractivity contribution in [2.45, 2.75) is 57.0 Å². The second-order valence-electron chi connectivity index (χ2n) is 7.28. The Kier molecular flexibility index (Phi) is 5.54. The number of aliphatic hydroxyl groups excluding tert-OH is 1. The first-order valence-corrected chi connectivity index (χ1v) is 9.00. The van der Waals surface area contributed by atoms with Crippen LogP contribution in [-0.2, 0) is 11.3 Å². The Balaban J connectivity index is 1.53. The Bertz CT molecular complexity index is 551. The van der Waals surface area contributed by atoms with E-state index in [1.807, 2.05) is 18.0 Å². The zero-order chi connectivity index (χ0) is 17.1. The molecule has 2 aliphatic rings. The Morgan fingerprint density at radius 1 is 1.33 bits per heavy atom. The number of piperidine rings is 1. The van der Waals surface area contributed by atoms with Gasteiger partial charge in [-0.05, 0) is 31.7 Å². The highest BCUT2D eigenvalue weighted by Gasteiger charge is 2.35. The average Bonchev–Trinajstić information content (AvgIpc) is 3.03. The minimum atomic E-state index is -0.390. The van der Waals surface area contributed by atoms with Crippen molar-refractivity contribution in [2.24, 2.45) is 0 Å². The van der Waals surface area contributed by atoms with Crippen LogP contribution in [0.2, 0.25) is 0 Å². The molecule has 0 radical (unpaired) electrons. The molecule has 1 aromatic carbocycles. The molecule has 132 valence electrons. The number of aliphatic hydroxyl groups is 1. The van der Waals surface area contributed by atoms with Crippen LogP contribution in [0, 0.1) is 0 Å². The van der Waals surface area contributed by atoms with Crippen LogP contribution in [0.3, 0.4) is 0 Å². The number of hydrogen-bond donors (Lipinski definition) is 2. The lowest BCUT2D eigenvalue weighted by atomic mass is 9.96. The van der Waals surface area contributed by atoms with Gasteiger partial charge in [-0.15, -0.1) is 0 Å². The number of rotatable bonds is 4. The highest BCUT2D eigenvalue weighted by atomic mass is 16.3. The molecule has 0 aromatic heterocycles. The van der Waals surface area contributed by atoms with Crippen LogP contribution in [0.4, 0.5) is 0 Å². The topological polar surface area (TPSA) is 55.8 Å². The molecule has 2 saturated heterocycles. The predicted octanol–water partition coefficient (Wildman–Crippen LogP) is 1.22. The molecule has 3 rings (SSSR count). The lowest BCUT2D eigenvalue weighted by molar-refractivity contribution is -0.135. The van der Waals surface area contributed by atoms with Gasteiger partial charge in [-0.25, -0.2) is 0 Å². The maximum atomic E-state index is 12.6. The standard InChI is InChI=1S/C19H29N3O2/c1-14-10-16(21(2)19(24)18-11-17(23)12-20-18)8-9-22(14)13-15-6-4-3-5-7-15/h3-7,14,16-18,20,23H,8-13H2,1-2H3. The summed E-state index contributed by atoms with van der Waals surface area (Å²) >= 11 is 0. The van der Waals surface area contributed by atoms with E-state index in [-0.39, 0.29) is 18.1 Å². The zero-order valence-electron chi connectivity index (χ0n) is 14.7. The summed E-state index contributed by atoms with van der Waals surface area (Å²) in [5.74, 6) is 0.125. The number of carbonyl (C=O) groups excluding carboxylic acids is 1. The number of benzene rings is 1. The zero-order valence-corrected chi connectivity index (χ0v) is 14.7.